The van der Waals surface area contributed by atoms with Crippen molar-refractivity contribution in [2.45, 2.75) is 32.6 Å². The second-order valence-electron chi connectivity index (χ2n) is 4.65. The summed E-state index contributed by atoms with van der Waals surface area (Å²) in [6.07, 6.45) is 0.327. The molecule has 0 saturated carbocycles. The SMILES string of the molecule is CCOC(c1ccccc1)C(O)c1c(OC)cnn1CC. The zero-order chi connectivity index (χ0) is 15.2. The predicted molar refractivity (Wildman–Crippen MR) is 80.2 cm³/mol. The topological polar surface area (TPSA) is 56.5 Å². The van der Waals surface area contributed by atoms with Crippen molar-refractivity contribution in [2.24, 2.45) is 0 Å². The van der Waals surface area contributed by atoms with Crippen molar-refractivity contribution < 1.29 is 14.6 Å². The third-order valence-electron chi connectivity index (χ3n) is 3.41. The van der Waals surface area contributed by atoms with E-state index in [4.69, 9.17) is 9.47 Å². The van der Waals surface area contributed by atoms with E-state index in [9.17, 15) is 5.11 Å². The highest BCUT2D eigenvalue weighted by atomic mass is 16.5. The van der Waals surface area contributed by atoms with Crippen molar-refractivity contribution in [3.63, 3.8) is 0 Å². The number of hydrogen-bond acceptors (Lipinski definition) is 4. The van der Waals surface area contributed by atoms with E-state index in [0.29, 0.717) is 24.6 Å². The van der Waals surface area contributed by atoms with Gasteiger partial charge in [0.15, 0.2) is 5.75 Å². The third-order valence-corrected chi connectivity index (χ3v) is 3.41. The molecule has 1 aromatic carbocycles. The Labute approximate surface area is 125 Å². The maximum Gasteiger partial charge on any atom is 0.162 e. The van der Waals surface area contributed by atoms with Gasteiger partial charge in [0.05, 0.1) is 13.3 Å². The first-order valence-electron chi connectivity index (χ1n) is 7.17. The number of aliphatic hydroxyl groups excluding tert-OH is 1. The van der Waals surface area contributed by atoms with Crippen LogP contribution in [-0.2, 0) is 11.3 Å². The van der Waals surface area contributed by atoms with E-state index >= 15 is 0 Å². The summed E-state index contributed by atoms with van der Waals surface area (Å²) >= 11 is 0. The number of benzene rings is 1. The molecule has 114 valence electrons. The molecule has 1 heterocycles. The van der Waals surface area contributed by atoms with E-state index in [1.807, 2.05) is 44.2 Å². The fourth-order valence-electron chi connectivity index (χ4n) is 2.42. The minimum Gasteiger partial charge on any atom is -0.493 e. The maximum atomic E-state index is 10.8. The molecule has 2 aromatic rings. The summed E-state index contributed by atoms with van der Waals surface area (Å²) in [4.78, 5) is 0. The molecule has 0 saturated heterocycles. The maximum absolute atomic E-state index is 10.8. The molecule has 0 fully saturated rings. The number of aromatic nitrogens is 2. The second-order valence-corrected chi connectivity index (χ2v) is 4.65. The van der Waals surface area contributed by atoms with Crippen LogP contribution in [0.2, 0.25) is 0 Å². The standard InChI is InChI=1S/C16H22N2O3/c1-4-18-14(13(20-3)11-17-18)15(19)16(21-5-2)12-9-7-6-8-10-12/h6-11,15-16,19H,4-5H2,1-3H3. The Morgan fingerprint density at radius 2 is 1.95 bits per heavy atom. The first-order chi connectivity index (χ1) is 10.2. The Hall–Kier alpha value is -1.85. The molecule has 0 spiro atoms. The molecule has 5 heteroatoms. The van der Waals surface area contributed by atoms with E-state index in [0.717, 1.165) is 5.56 Å². The molecular formula is C16H22N2O3. The summed E-state index contributed by atoms with van der Waals surface area (Å²) in [6.45, 7) is 5.06. The van der Waals surface area contributed by atoms with Crippen LogP contribution in [-0.4, -0.2) is 28.6 Å². The van der Waals surface area contributed by atoms with Crippen LogP contribution in [0.5, 0.6) is 5.75 Å². The fraction of sp³-hybridized carbons (Fsp3) is 0.438. The van der Waals surface area contributed by atoms with Crippen LogP contribution in [0.4, 0.5) is 0 Å². The highest BCUT2D eigenvalue weighted by Crippen LogP contribution is 2.36. The average Bonchev–Trinajstić information content (AvgIpc) is 2.95. The normalized spacial score (nSPS) is 13.9. The zero-order valence-corrected chi connectivity index (χ0v) is 12.7. The molecule has 0 radical (unpaired) electrons. The molecule has 2 unspecified atom stereocenters. The van der Waals surface area contributed by atoms with Gasteiger partial charge in [0.1, 0.15) is 17.9 Å². The Kier molecular flexibility index (Phi) is 5.36. The largest absolute Gasteiger partial charge is 0.493 e. The summed E-state index contributed by atoms with van der Waals surface area (Å²) in [6, 6.07) is 9.70. The molecule has 2 atom stereocenters. The molecule has 0 aliphatic rings. The molecule has 0 aliphatic carbocycles. The van der Waals surface area contributed by atoms with Gasteiger partial charge in [-0.3, -0.25) is 4.68 Å². The van der Waals surface area contributed by atoms with Gasteiger partial charge >= 0.3 is 0 Å². The molecule has 1 aromatic heterocycles. The summed E-state index contributed by atoms with van der Waals surface area (Å²) in [5.41, 5.74) is 1.57. The van der Waals surface area contributed by atoms with Gasteiger partial charge in [-0.1, -0.05) is 30.3 Å². The fourth-order valence-corrected chi connectivity index (χ4v) is 2.42. The lowest BCUT2D eigenvalue weighted by Gasteiger charge is -2.24. The monoisotopic (exact) mass is 290 g/mol. The molecule has 21 heavy (non-hydrogen) atoms. The summed E-state index contributed by atoms with van der Waals surface area (Å²) in [5, 5.41) is 15.1. The van der Waals surface area contributed by atoms with Crippen molar-refractivity contribution in [3.05, 3.63) is 47.8 Å². The minimum absolute atomic E-state index is 0.452. The van der Waals surface area contributed by atoms with E-state index in [2.05, 4.69) is 5.10 Å². The van der Waals surface area contributed by atoms with Crippen LogP contribution < -0.4 is 4.74 Å². The quantitative estimate of drug-likeness (QED) is 0.852. The van der Waals surface area contributed by atoms with Crippen LogP contribution in [0, 0.1) is 0 Å². The van der Waals surface area contributed by atoms with Gasteiger partial charge in [-0.15, -0.1) is 0 Å². The number of aliphatic hydroxyl groups is 1. The first kappa shape index (κ1) is 15.5. The highest BCUT2D eigenvalue weighted by Gasteiger charge is 2.29. The van der Waals surface area contributed by atoms with Crippen molar-refractivity contribution in [3.8, 4) is 5.75 Å². The lowest BCUT2D eigenvalue weighted by molar-refractivity contribution is -0.0406. The minimum atomic E-state index is -0.843. The molecule has 5 nitrogen and oxygen atoms in total. The third kappa shape index (κ3) is 3.25. The predicted octanol–water partition coefficient (Wildman–Crippen LogP) is 2.72. The first-order valence-corrected chi connectivity index (χ1v) is 7.17. The Bertz CT molecular complexity index is 532. The van der Waals surface area contributed by atoms with Gasteiger partial charge in [-0.2, -0.15) is 5.10 Å². The van der Waals surface area contributed by atoms with Gasteiger partial charge in [0.2, 0.25) is 0 Å². The average molecular weight is 290 g/mol. The smallest absolute Gasteiger partial charge is 0.162 e. The van der Waals surface area contributed by atoms with Crippen molar-refractivity contribution in [1.82, 2.24) is 9.78 Å². The van der Waals surface area contributed by atoms with Crippen molar-refractivity contribution >= 4 is 0 Å². The van der Waals surface area contributed by atoms with Crippen LogP contribution in [0.15, 0.2) is 36.5 Å². The second kappa shape index (κ2) is 7.24. The lowest BCUT2D eigenvalue weighted by Crippen LogP contribution is -2.19. The van der Waals surface area contributed by atoms with E-state index in [-0.39, 0.29) is 0 Å². The van der Waals surface area contributed by atoms with Crippen LogP contribution >= 0.6 is 0 Å². The van der Waals surface area contributed by atoms with Crippen LogP contribution in [0.1, 0.15) is 37.3 Å². The number of hydrogen-bond donors (Lipinski definition) is 1. The lowest BCUT2D eigenvalue weighted by atomic mass is 10.0. The summed E-state index contributed by atoms with van der Waals surface area (Å²) < 4.78 is 12.8. The van der Waals surface area contributed by atoms with E-state index in [1.54, 1.807) is 18.0 Å². The Morgan fingerprint density at radius 3 is 2.52 bits per heavy atom. The van der Waals surface area contributed by atoms with Crippen molar-refractivity contribution in [2.75, 3.05) is 13.7 Å². The highest BCUT2D eigenvalue weighted by molar-refractivity contribution is 5.30. The number of nitrogens with zero attached hydrogens (tertiary/aromatic N) is 2. The van der Waals surface area contributed by atoms with Gasteiger partial charge in [-0.05, 0) is 19.4 Å². The van der Waals surface area contributed by atoms with Gasteiger partial charge in [0.25, 0.3) is 0 Å². The van der Waals surface area contributed by atoms with Crippen molar-refractivity contribution in [1.29, 1.82) is 0 Å². The van der Waals surface area contributed by atoms with Crippen LogP contribution in [0.25, 0.3) is 0 Å². The van der Waals surface area contributed by atoms with Gasteiger partial charge in [0, 0.05) is 13.2 Å². The van der Waals surface area contributed by atoms with E-state index < -0.39 is 12.2 Å². The number of methoxy groups -OCH3 is 1. The number of aryl methyl sites for hydroxylation is 1. The number of rotatable bonds is 7. The number of ether oxygens (including phenoxy) is 2. The molecule has 2 rings (SSSR count). The molecule has 0 bridgehead atoms. The van der Waals surface area contributed by atoms with Gasteiger partial charge in [-0.25, -0.2) is 0 Å². The molecule has 1 N–H and O–H groups in total. The van der Waals surface area contributed by atoms with Gasteiger partial charge < -0.3 is 14.6 Å². The van der Waals surface area contributed by atoms with E-state index in [1.165, 1.54) is 0 Å². The molecular weight excluding hydrogens is 268 g/mol. The van der Waals surface area contributed by atoms with Crippen LogP contribution in [0.3, 0.4) is 0 Å². The Balaban J connectivity index is 2.39. The Morgan fingerprint density at radius 1 is 1.24 bits per heavy atom. The summed E-state index contributed by atoms with van der Waals surface area (Å²) in [5.74, 6) is 0.574. The molecule has 0 aliphatic heterocycles. The molecule has 0 amide bonds. The summed E-state index contributed by atoms with van der Waals surface area (Å²) in [7, 11) is 1.57. The zero-order valence-electron chi connectivity index (χ0n) is 12.7.